The van der Waals surface area contributed by atoms with E-state index in [9.17, 15) is 0 Å². The molecule has 1 aromatic carbocycles. The third kappa shape index (κ3) is 3.37. The highest BCUT2D eigenvalue weighted by atomic mass is 35.5. The number of benzene rings is 1. The van der Waals surface area contributed by atoms with Crippen molar-refractivity contribution >= 4 is 29.0 Å². The first-order chi connectivity index (χ1) is 15.1. The summed E-state index contributed by atoms with van der Waals surface area (Å²) in [6.45, 7) is 0. The zero-order valence-corrected chi connectivity index (χ0v) is 18.3. The molecule has 1 saturated carbocycles. The first-order valence-corrected chi connectivity index (χ1v) is 10.9. The lowest BCUT2D eigenvalue weighted by atomic mass is 9.87. The van der Waals surface area contributed by atoms with E-state index in [4.69, 9.17) is 31.1 Å². The SMILES string of the molecule is COc1cccc(CC2(c3nc(Cl)nc4c3ncn4C3CCCC3)C=CC=N2)c1OC. The summed E-state index contributed by atoms with van der Waals surface area (Å²) >= 11 is 6.43. The number of methoxy groups -OCH3 is 2. The van der Waals surface area contributed by atoms with Crippen molar-refractivity contribution < 1.29 is 9.47 Å². The zero-order valence-electron chi connectivity index (χ0n) is 17.6. The van der Waals surface area contributed by atoms with E-state index in [1.165, 1.54) is 12.8 Å². The Kier molecular flexibility index (Phi) is 5.14. The molecule has 1 fully saturated rings. The van der Waals surface area contributed by atoms with E-state index < -0.39 is 5.54 Å². The molecule has 160 valence electrons. The summed E-state index contributed by atoms with van der Waals surface area (Å²) in [5.41, 5.74) is 2.42. The lowest BCUT2D eigenvalue weighted by molar-refractivity contribution is 0.349. The number of hydrogen-bond donors (Lipinski definition) is 0. The first-order valence-electron chi connectivity index (χ1n) is 10.5. The summed E-state index contributed by atoms with van der Waals surface area (Å²) in [5, 5.41) is 0.203. The molecule has 0 saturated heterocycles. The van der Waals surface area contributed by atoms with Crippen LogP contribution in [0.1, 0.15) is 43.0 Å². The maximum absolute atomic E-state index is 6.43. The Balaban J connectivity index is 1.65. The Bertz CT molecular complexity index is 1170. The quantitative estimate of drug-likeness (QED) is 0.523. The molecule has 3 heterocycles. The topological polar surface area (TPSA) is 74.4 Å². The molecule has 2 aromatic heterocycles. The second kappa shape index (κ2) is 7.96. The molecule has 0 spiro atoms. The van der Waals surface area contributed by atoms with E-state index in [-0.39, 0.29) is 5.28 Å². The number of ether oxygens (including phenoxy) is 2. The van der Waals surface area contributed by atoms with Crippen LogP contribution in [0.2, 0.25) is 5.28 Å². The van der Waals surface area contributed by atoms with Gasteiger partial charge in [0.15, 0.2) is 17.1 Å². The summed E-state index contributed by atoms with van der Waals surface area (Å²) in [7, 11) is 3.28. The van der Waals surface area contributed by atoms with Crippen molar-refractivity contribution in [3.63, 3.8) is 0 Å². The maximum Gasteiger partial charge on any atom is 0.224 e. The Morgan fingerprint density at radius 1 is 1.16 bits per heavy atom. The monoisotopic (exact) mass is 437 g/mol. The number of allylic oxidation sites excluding steroid dienone is 1. The highest BCUT2D eigenvalue weighted by molar-refractivity contribution is 6.28. The number of rotatable bonds is 6. The van der Waals surface area contributed by atoms with Crippen molar-refractivity contribution in [3.8, 4) is 11.5 Å². The highest BCUT2D eigenvalue weighted by Gasteiger charge is 2.37. The smallest absolute Gasteiger partial charge is 0.224 e. The van der Waals surface area contributed by atoms with Gasteiger partial charge in [0, 0.05) is 24.2 Å². The number of para-hydroxylation sites is 1. The van der Waals surface area contributed by atoms with Crippen LogP contribution in [0.5, 0.6) is 11.5 Å². The van der Waals surface area contributed by atoms with Gasteiger partial charge in [-0.25, -0.2) is 9.97 Å². The molecule has 3 aromatic rings. The molecular weight excluding hydrogens is 414 g/mol. The van der Waals surface area contributed by atoms with Gasteiger partial charge >= 0.3 is 0 Å². The summed E-state index contributed by atoms with van der Waals surface area (Å²) < 4.78 is 13.3. The van der Waals surface area contributed by atoms with E-state index in [1.54, 1.807) is 20.4 Å². The Labute approximate surface area is 185 Å². The van der Waals surface area contributed by atoms with Crippen molar-refractivity contribution in [2.24, 2.45) is 4.99 Å². The predicted molar refractivity (Wildman–Crippen MR) is 120 cm³/mol. The number of aromatic nitrogens is 4. The summed E-state index contributed by atoms with van der Waals surface area (Å²) in [6.07, 6.45) is 12.9. The molecule has 7 nitrogen and oxygen atoms in total. The van der Waals surface area contributed by atoms with Crippen LogP contribution in [0.15, 0.2) is 41.7 Å². The lowest BCUT2D eigenvalue weighted by Crippen LogP contribution is -2.25. The van der Waals surface area contributed by atoms with Gasteiger partial charge in [0.25, 0.3) is 0 Å². The van der Waals surface area contributed by atoms with E-state index in [2.05, 4.69) is 14.5 Å². The number of imidazole rings is 1. The van der Waals surface area contributed by atoms with Gasteiger partial charge in [-0.1, -0.05) is 25.0 Å². The van der Waals surface area contributed by atoms with Gasteiger partial charge in [0.1, 0.15) is 16.7 Å². The Hall–Kier alpha value is -2.93. The predicted octanol–water partition coefficient (Wildman–Crippen LogP) is 4.69. The standard InChI is InChI=1S/C23H24ClN5O2/c1-30-17-10-5-7-15(19(17)31-2)13-23(11-6-12-26-23)20-18-21(28-22(24)27-20)29(14-25-18)16-8-3-4-9-16/h5-7,10-12,14,16H,3-4,8-9,13H2,1-2H3. The normalized spacial score (nSPS) is 20.7. The largest absolute Gasteiger partial charge is 0.493 e. The molecule has 1 atom stereocenters. The fraction of sp³-hybridized carbons (Fsp3) is 0.391. The van der Waals surface area contributed by atoms with Gasteiger partial charge in [0.2, 0.25) is 5.28 Å². The molecule has 1 aliphatic carbocycles. The third-order valence-electron chi connectivity index (χ3n) is 6.23. The Morgan fingerprint density at radius 2 is 2.00 bits per heavy atom. The van der Waals surface area contributed by atoms with Crippen molar-refractivity contribution in [2.75, 3.05) is 14.2 Å². The molecule has 8 heteroatoms. The van der Waals surface area contributed by atoms with Crippen molar-refractivity contribution in [2.45, 2.75) is 43.7 Å². The van der Waals surface area contributed by atoms with Gasteiger partial charge in [-0.15, -0.1) is 0 Å². The van der Waals surface area contributed by atoms with Crippen molar-refractivity contribution in [1.29, 1.82) is 0 Å². The lowest BCUT2D eigenvalue weighted by Gasteiger charge is -2.25. The van der Waals surface area contributed by atoms with Crippen molar-refractivity contribution in [1.82, 2.24) is 19.5 Å². The summed E-state index contributed by atoms with van der Waals surface area (Å²) in [5.74, 6) is 1.37. The highest BCUT2D eigenvalue weighted by Crippen LogP contribution is 2.41. The second-order valence-corrected chi connectivity index (χ2v) is 8.33. The molecule has 0 bridgehead atoms. The van der Waals surface area contributed by atoms with Crippen LogP contribution in [-0.2, 0) is 12.0 Å². The van der Waals surface area contributed by atoms with Gasteiger partial charge in [0.05, 0.1) is 20.5 Å². The molecule has 0 N–H and O–H groups in total. The number of fused-ring (bicyclic) bond motifs is 1. The van der Waals surface area contributed by atoms with Gasteiger partial charge in [-0.05, 0) is 42.7 Å². The Morgan fingerprint density at radius 3 is 2.71 bits per heavy atom. The van der Waals surface area contributed by atoms with Gasteiger partial charge in [-0.2, -0.15) is 4.98 Å². The molecule has 1 unspecified atom stereocenters. The molecular formula is C23H24ClN5O2. The molecule has 31 heavy (non-hydrogen) atoms. The van der Waals surface area contributed by atoms with Gasteiger partial charge in [-0.3, -0.25) is 4.99 Å². The molecule has 2 aliphatic rings. The average molecular weight is 438 g/mol. The molecule has 1 aliphatic heterocycles. The summed E-state index contributed by atoms with van der Waals surface area (Å²) in [4.78, 5) is 18.7. The average Bonchev–Trinajstić information content (AvgIpc) is 3.54. The van der Waals surface area contributed by atoms with Crippen LogP contribution < -0.4 is 9.47 Å². The minimum absolute atomic E-state index is 0.203. The molecule has 0 amide bonds. The molecule has 0 radical (unpaired) electrons. The third-order valence-corrected chi connectivity index (χ3v) is 6.40. The van der Waals surface area contributed by atoms with E-state index in [0.717, 1.165) is 29.6 Å². The minimum atomic E-state index is -0.751. The minimum Gasteiger partial charge on any atom is -0.493 e. The number of aliphatic imine (C=N–C) groups is 1. The fourth-order valence-corrected chi connectivity index (χ4v) is 4.94. The number of nitrogens with zero attached hydrogens (tertiary/aromatic N) is 5. The van der Waals surface area contributed by atoms with Crippen LogP contribution in [0.25, 0.3) is 11.2 Å². The van der Waals surface area contributed by atoms with Crippen LogP contribution >= 0.6 is 11.6 Å². The maximum atomic E-state index is 6.43. The van der Waals surface area contributed by atoms with Crippen LogP contribution in [0, 0.1) is 0 Å². The van der Waals surface area contributed by atoms with Crippen LogP contribution in [0.4, 0.5) is 0 Å². The van der Waals surface area contributed by atoms with E-state index in [0.29, 0.717) is 29.7 Å². The number of halogens is 1. The first kappa shape index (κ1) is 20.0. The molecule has 5 rings (SSSR count). The second-order valence-electron chi connectivity index (χ2n) is 7.99. The van der Waals surface area contributed by atoms with Crippen LogP contribution in [-0.4, -0.2) is 40.0 Å². The number of hydrogen-bond acceptors (Lipinski definition) is 6. The van der Waals surface area contributed by atoms with Crippen molar-refractivity contribution in [3.05, 3.63) is 53.2 Å². The van der Waals surface area contributed by atoms with Gasteiger partial charge < -0.3 is 14.0 Å². The van der Waals surface area contributed by atoms with E-state index >= 15 is 0 Å². The van der Waals surface area contributed by atoms with E-state index in [1.807, 2.05) is 36.7 Å². The fourth-order valence-electron chi connectivity index (χ4n) is 4.77. The summed E-state index contributed by atoms with van der Waals surface area (Å²) in [6, 6.07) is 6.25. The van der Waals surface area contributed by atoms with Crippen LogP contribution in [0.3, 0.4) is 0 Å². The zero-order chi connectivity index (χ0) is 21.4.